The number of halogens is 1. The number of hydrogen-bond acceptors (Lipinski definition) is 0. The van der Waals surface area contributed by atoms with Gasteiger partial charge in [0.1, 0.15) is 6.17 Å². The highest BCUT2D eigenvalue weighted by Gasteiger charge is 2.29. The highest BCUT2D eigenvalue weighted by molar-refractivity contribution is 4.80. The monoisotopic (exact) mass is 254 g/mol. The molecule has 0 N–H and O–H groups in total. The summed E-state index contributed by atoms with van der Waals surface area (Å²) in [6.07, 6.45) is 9.64. The molecule has 0 bridgehead atoms. The third-order valence-corrected chi connectivity index (χ3v) is 5.90. The first-order chi connectivity index (χ1) is 8.56. The summed E-state index contributed by atoms with van der Waals surface area (Å²) in [7, 11) is 0. The van der Waals surface area contributed by atoms with Gasteiger partial charge in [-0.1, -0.05) is 46.5 Å². The summed E-state index contributed by atoms with van der Waals surface area (Å²) in [6.45, 7) is 6.89. The zero-order chi connectivity index (χ0) is 13.1. The number of rotatable bonds is 3. The lowest BCUT2D eigenvalue weighted by molar-refractivity contribution is 0.122. The van der Waals surface area contributed by atoms with Crippen LogP contribution in [0.3, 0.4) is 0 Å². The molecule has 2 fully saturated rings. The minimum atomic E-state index is -0.519. The quantitative estimate of drug-likeness (QED) is 0.614. The van der Waals surface area contributed by atoms with E-state index in [0.717, 1.165) is 30.6 Å². The van der Waals surface area contributed by atoms with Crippen LogP contribution in [0, 0.1) is 29.6 Å². The first-order valence-electron chi connectivity index (χ1n) is 8.20. The van der Waals surface area contributed by atoms with Gasteiger partial charge in [0.25, 0.3) is 0 Å². The molecule has 2 saturated carbocycles. The predicted molar refractivity (Wildman–Crippen MR) is 76.3 cm³/mol. The summed E-state index contributed by atoms with van der Waals surface area (Å²) < 4.78 is 13.7. The van der Waals surface area contributed by atoms with E-state index in [1.54, 1.807) is 0 Å². The Morgan fingerprint density at radius 3 is 1.83 bits per heavy atom. The Bertz CT molecular complexity index is 224. The lowest BCUT2D eigenvalue weighted by Gasteiger charge is -2.34. The van der Waals surface area contributed by atoms with Gasteiger partial charge < -0.3 is 0 Å². The predicted octanol–water partition coefficient (Wildman–Crippen LogP) is 5.61. The Morgan fingerprint density at radius 2 is 1.28 bits per heavy atom. The van der Waals surface area contributed by atoms with Crippen LogP contribution in [0.15, 0.2) is 0 Å². The van der Waals surface area contributed by atoms with Gasteiger partial charge in [-0.05, 0) is 55.3 Å². The third kappa shape index (κ3) is 3.71. The lowest BCUT2D eigenvalue weighted by Crippen LogP contribution is -2.25. The smallest absolute Gasteiger partial charge is 0.103 e. The molecule has 2 aliphatic rings. The van der Waals surface area contributed by atoms with Gasteiger partial charge in [-0.2, -0.15) is 0 Å². The molecule has 2 rings (SSSR count). The maximum atomic E-state index is 13.7. The van der Waals surface area contributed by atoms with Crippen molar-refractivity contribution < 1.29 is 4.39 Å². The Labute approximate surface area is 113 Å². The lowest BCUT2D eigenvalue weighted by atomic mass is 9.72. The third-order valence-electron chi connectivity index (χ3n) is 5.90. The van der Waals surface area contributed by atoms with Crippen LogP contribution in [-0.2, 0) is 0 Å². The van der Waals surface area contributed by atoms with Crippen LogP contribution in [0.1, 0.15) is 72.1 Å². The first kappa shape index (κ1) is 14.3. The van der Waals surface area contributed by atoms with E-state index in [0.29, 0.717) is 11.8 Å². The van der Waals surface area contributed by atoms with Gasteiger partial charge in [0.2, 0.25) is 0 Å². The van der Waals surface area contributed by atoms with Crippen LogP contribution in [0.5, 0.6) is 0 Å². The molecule has 0 radical (unpaired) electrons. The van der Waals surface area contributed by atoms with E-state index >= 15 is 0 Å². The molecule has 6 unspecified atom stereocenters. The SMILES string of the molecule is CC1CCC(CCC2CCC(C)C(F)C2)CC1C. The van der Waals surface area contributed by atoms with Gasteiger partial charge in [0.15, 0.2) is 0 Å². The Kier molecular flexibility index (Phi) is 5.09. The van der Waals surface area contributed by atoms with Gasteiger partial charge in [-0.25, -0.2) is 4.39 Å². The van der Waals surface area contributed by atoms with Crippen LogP contribution in [0.25, 0.3) is 0 Å². The molecule has 106 valence electrons. The van der Waals surface area contributed by atoms with Crippen LogP contribution >= 0.6 is 0 Å². The van der Waals surface area contributed by atoms with Gasteiger partial charge in [0, 0.05) is 0 Å². The van der Waals surface area contributed by atoms with Crippen molar-refractivity contribution in [3.8, 4) is 0 Å². The van der Waals surface area contributed by atoms with E-state index < -0.39 is 6.17 Å². The minimum Gasteiger partial charge on any atom is -0.247 e. The van der Waals surface area contributed by atoms with Gasteiger partial charge in [0.05, 0.1) is 0 Å². The molecule has 0 amide bonds. The number of hydrogen-bond donors (Lipinski definition) is 0. The van der Waals surface area contributed by atoms with Crippen LogP contribution < -0.4 is 0 Å². The van der Waals surface area contributed by atoms with Crippen molar-refractivity contribution in [1.29, 1.82) is 0 Å². The molecule has 6 atom stereocenters. The van der Waals surface area contributed by atoms with Crippen molar-refractivity contribution in [2.75, 3.05) is 0 Å². The molecule has 0 aromatic carbocycles. The van der Waals surface area contributed by atoms with Crippen molar-refractivity contribution in [2.45, 2.75) is 78.3 Å². The molecule has 0 spiro atoms. The molecular weight excluding hydrogens is 223 g/mol. The zero-order valence-corrected chi connectivity index (χ0v) is 12.5. The Hall–Kier alpha value is -0.0700. The highest BCUT2D eigenvalue weighted by Crippen LogP contribution is 2.39. The molecule has 0 aliphatic heterocycles. The maximum absolute atomic E-state index is 13.7. The maximum Gasteiger partial charge on any atom is 0.103 e. The largest absolute Gasteiger partial charge is 0.247 e. The normalized spacial score (nSPS) is 46.0. The molecular formula is C17H31F. The number of alkyl halides is 1. The topological polar surface area (TPSA) is 0 Å². The van der Waals surface area contributed by atoms with Crippen LogP contribution in [0.4, 0.5) is 4.39 Å². The average molecular weight is 254 g/mol. The molecule has 18 heavy (non-hydrogen) atoms. The zero-order valence-electron chi connectivity index (χ0n) is 12.5. The second kappa shape index (κ2) is 6.39. The summed E-state index contributed by atoms with van der Waals surface area (Å²) in [5, 5.41) is 0. The van der Waals surface area contributed by atoms with E-state index in [-0.39, 0.29) is 0 Å². The van der Waals surface area contributed by atoms with E-state index in [2.05, 4.69) is 20.8 Å². The van der Waals surface area contributed by atoms with E-state index in [1.165, 1.54) is 38.5 Å². The molecule has 2 aliphatic carbocycles. The average Bonchev–Trinajstić information content (AvgIpc) is 2.35. The van der Waals surface area contributed by atoms with Crippen molar-refractivity contribution >= 4 is 0 Å². The van der Waals surface area contributed by atoms with Crippen LogP contribution in [-0.4, -0.2) is 6.17 Å². The second-order valence-electron chi connectivity index (χ2n) is 7.38. The fourth-order valence-corrected chi connectivity index (χ4v) is 4.00. The summed E-state index contributed by atoms with van der Waals surface area (Å²) in [5.74, 6) is 3.77. The minimum absolute atomic E-state index is 0.316. The Balaban J connectivity index is 1.69. The van der Waals surface area contributed by atoms with E-state index in [9.17, 15) is 4.39 Å². The molecule has 1 heteroatoms. The van der Waals surface area contributed by atoms with Crippen molar-refractivity contribution in [3.05, 3.63) is 0 Å². The summed E-state index contributed by atoms with van der Waals surface area (Å²) in [4.78, 5) is 0. The highest BCUT2D eigenvalue weighted by atomic mass is 19.1. The summed E-state index contributed by atoms with van der Waals surface area (Å²) >= 11 is 0. The molecule has 0 aromatic heterocycles. The van der Waals surface area contributed by atoms with E-state index in [4.69, 9.17) is 0 Å². The van der Waals surface area contributed by atoms with Gasteiger partial charge >= 0.3 is 0 Å². The second-order valence-corrected chi connectivity index (χ2v) is 7.38. The van der Waals surface area contributed by atoms with Crippen molar-refractivity contribution in [3.63, 3.8) is 0 Å². The molecule has 0 aromatic rings. The first-order valence-corrected chi connectivity index (χ1v) is 8.20. The summed E-state index contributed by atoms with van der Waals surface area (Å²) in [5.41, 5.74) is 0. The standard InChI is InChI=1S/C17H31F/c1-12-4-6-15(10-14(12)3)8-9-16-7-5-13(2)17(18)11-16/h12-17H,4-11H2,1-3H3. The van der Waals surface area contributed by atoms with Gasteiger partial charge in [-0.3, -0.25) is 0 Å². The molecule has 0 nitrogen and oxygen atoms in total. The fraction of sp³-hybridized carbons (Fsp3) is 1.00. The summed E-state index contributed by atoms with van der Waals surface area (Å²) in [6, 6.07) is 0. The van der Waals surface area contributed by atoms with E-state index in [1.807, 2.05) is 0 Å². The molecule has 0 heterocycles. The van der Waals surface area contributed by atoms with Crippen molar-refractivity contribution in [2.24, 2.45) is 29.6 Å². The van der Waals surface area contributed by atoms with Crippen LogP contribution in [0.2, 0.25) is 0 Å². The Morgan fingerprint density at radius 1 is 0.722 bits per heavy atom. The fourth-order valence-electron chi connectivity index (χ4n) is 4.00. The molecule has 0 saturated heterocycles. The van der Waals surface area contributed by atoms with Crippen molar-refractivity contribution in [1.82, 2.24) is 0 Å². The van der Waals surface area contributed by atoms with Gasteiger partial charge in [-0.15, -0.1) is 0 Å².